The molecule has 2 rings (SSSR count). The van der Waals surface area contributed by atoms with Crippen molar-refractivity contribution in [3.8, 4) is 11.5 Å². The molecular weight excluding hydrogens is 338 g/mol. The Morgan fingerprint density at radius 3 is 2.50 bits per heavy atom. The molecule has 2 N–H and O–H groups in total. The van der Waals surface area contributed by atoms with Crippen LogP contribution in [0.5, 0.6) is 11.5 Å². The third-order valence-corrected chi connectivity index (χ3v) is 4.44. The predicted octanol–water partition coefficient (Wildman–Crippen LogP) is 2.63. The zero-order valence-corrected chi connectivity index (χ0v) is 15.5. The van der Waals surface area contributed by atoms with Crippen LogP contribution in [-0.4, -0.2) is 49.5 Å². The molecule has 7 nitrogen and oxygen atoms in total. The van der Waals surface area contributed by atoms with Gasteiger partial charge in [-0.1, -0.05) is 0 Å². The van der Waals surface area contributed by atoms with Crippen molar-refractivity contribution in [2.24, 2.45) is 0 Å². The molecule has 26 heavy (non-hydrogen) atoms. The van der Waals surface area contributed by atoms with E-state index in [0.29, 0.717) is 17.1 Å². The topological polar surface area (TPSA) is 94.1 Å². The number of methoxy groups -OCH3 is 2. The fraction of sp³-hybridized carbons (Fsp3) is 0.579. The average Bonchev–Trinajstić information content (AvgIpc) is 3.07. The summed E-state index contributed by atoms with van der Waals surface area (Å²) in [5, 5.41) is 11.8. The lowest BCUT2D eigenvalue weighted by atomic mass is 9.98. The van der Waals surface area contributed by atoms with E-state index in [0.717, 1.165) is 25.7 Å². The van der Waals surface area contributed by atoms with Crippen LogP contribution in [0.1, 0.15) is 49.4 Å². The van der Waals surface area contributed by atoms with Crippen LogP contribution >= 0.6 is 0 Å². The maximum Gasteiger partial charge on any atom is 0.305 e. The summed E-state index contributed by atoms with van der Waals surface area (Å²) in [6.07, 6.45) is 4.14. The lowest BCUT2D eigenvalue weighted by molar-refractivity contribution is -0.139. The second kappa shape index (κ2) is 8.89. The molecule has 0 radical (unpaired) electrons. The normalized spacial score (nSPS) is 16.7. The third-order valence-electron chi connectivity index (χ3n) is 4.44. The van der Waals surface area contributed by atoms with E-state index in [9.17, 15) is 9.59 Å². The highest BCUT2D eigenvalue weighted by Gasteiger charge is 2.30. The predicted molar refractivity (Wildman–Crippen MR) is 95.9 cm³/mol. The van der Waals surface area contributed by atoms with Crippen LogP contribution in [0.4, 0.5) is 0 Å². The summed E-state index contributed by atoms with van der Waals surface area (Å²) >= 11 is 0. The molecule has 0 heterocycles. The zero-order chi connectivity index (χ0) is 19.2. The number of carbonyl (C=O) groups is 2. The Balaban J connectivity index is 2.17. The molecule has 1 aromatic carbocycles. The summed E-state index contributed by atoms with van der Waals surface area (Å²) < 4.78 is 16.4. The van der Waals surface area contributed by atoms with Gasteiger partial charge in [0.05, 0.1) is 31.8 Å². The monoisotopic (exact) mass is 365 g/mol. The van der Waals surface area contributed by atoms with Gasteiger partial charge in [0, 0.05) is 12.7 Å². The van der Waals surface area contributed by atoms with Crippen molar-refractivity contribution in [2.45, 2.75) is 50.7 Å². The Kier molecular flexibility index (Phi) is 6.85. The molecule has 1 amide bonds. The molecule has 1 aliphatic carbocycles. The first kappa shape index (κ1) is 20.0. The number of hydrogen-bond donors (Lipinski definition) is 2. The molecule has 0 saturated heterocycles. The van der Waals surface area contributed by atoms with Gasteiger partial charge in [0.15, 0.2) is 11.5 Å². The minimum atomic E-state index is -1.01. The molecule has 1 atom stereocenters. The van der Waals surface area contributed by atoms with E-state index in [1.54, 1.807) is 32.2 Å². The van der Waals surface area contributed by atoms with Crippen LogP contribution in [-0.2, 0) is 9.53 Å². The number of rotatable bonds is 9. The van der Waals surface area contributed by atoms with Crippen molar-refractivity contribution >= 4 is 11.9 Å². The highest BCUT2D eigenvalue weighted by molar-refractivity contribution is 5.95. The van der Waals surface area contributed by atoms with Crippen molar-refractivity contribution < 1.29 is 28.9 Å². The first-order valence-corrected chi connectivity index (χ1v) is 8.75. The Bertz CT molecular complexity index is 641. The molecule has 0 bridgehead atoms. The Morgan fingerprint density at radius 2 is 1.92 bits per heavy atom. The molecule has 1 fully saturated rings. The second-order valence-corrected chi connectivity index (χ2v) is 6.91. The van der Waals surface area contributed by atoms with Crippen LogP contribution in [0, 0.1) is 0 Å². The summed E-state index contributed by atoms with van der Waals surface area (Å²) in [5.74, 6) is -0.299. The molecule has 1 aromatic rings. The van der Waals surface area contributed by atoms with E-state index in [1.807, 2.05) is 0 Å². The van der Waals surface area contributed by atoms with Crippen molar-refractivity contribution in [1.29, 1.82) is 0 Å². The summed E-state index contributed by atoms with van der Waals surface area (Å²) in [5.41, 5.74) is -0.629. The molecule has 7 heteroatoms. The number of carbonyl (C=O) groups excluding carboxylic acids is 1. The molecular formula is C19H27NO6. The molecule has 0 aliphatic heterocycles. The average molecular weight is 365 g/mol. The minimum absolute atomic E-state index is 0.0899. The van der Waals surface area contributed by atoms with Gasteiger partial charge in [-0.15, -0.1) is 0 Å². The molecule has 0 spiro atoms. The van der Waals surface area contributed by atoms with Crippen molar-refractivity contribution in [3.05, 3.63) is 23.8 Å². The van der Waals surface area contributed by atoms with Gasteiger partial charge in [0.1, 0.15) is 0 Å². The highest BCUT2D eigenvalue weighted by atomic mass is 16.5. The number of aliphatic carboxylic acids is 1. The van der Waals surface area contributed by atoms with Crippen LogP contribution in [0.15, 0.2) is 18.2 Å². The number of ether oxygens (including phenoxy) is 3. The Hall–Kier alpha value is -2.28. The lowest BCUT2D eigenvalue weighted by Gasteiger charge is -2.28. The molecule has 1 saturated carbocycles. The fourth-order valence-corrected chi connectivity index (χ4v) is 3.23. The van der Waals surface area contributed by atoms with Gasteiger partial charge in [0.2, 0.25) is 0 Å². The van der Waals surface area contributed by atoms with E-state index in [-0.39, 0.29) is 25.0 Å². The van der Waals surface area contributed by atoms with E-state index in [4.69, 9.17) is 19.3 Å². The summed E-state index contributed by atoms with van der Waals surface area (Å²) in [7, 11) is 3.02. The van der Waals surface area contributed by atoms with Crippen LogP contribution in [0.25, 0.3) is 0 Å². The van der Waals surface area contributed by atoms with Gasteiger partial charge >= 0.3 is 5.97 Å². The molecule has 1 unspecified atom stereocenters. The molecule has 144 valence electrons. The number of amides is 1. The Labute approximate surface area is 153 Å². The van der Waals surface area contributed by atoms with E-state index in [1.165, 1.54) is 7.11 Å². The van der Waals surface area contributed by atoms with Gasteiger partial charge in [-0.2, -0.15) is 0 Å². The van der Waals surface area contributed by atoms with E-state index in [2.05, 4.69) is 5.32 Å². The highest BCUT2D eigenvalue weighted by Crippen LogP contribution is 2.32. The standard InChI is InChI=1S/C19H27NO6/c1-19(12-24-2,11-17(21)22)20-18(23)13-8-9-15(25-3)16(10-13)26-14-6-4-5-7-14/h8-10,14H,4-7,11-12H2,1-3H3,(H,20,23)(H,21,22). The van der Waals surface area contributed by atoms with Gasteiger partial charge in [-0.05, 0) is 50.8 Å². The first-order chi connectivity index (χ1) is 12.4. The first-order valence-electron chi connectivity index (χ1n) is 8.75. The smallest absolute Gasteiger partial charge is 0.305 e. The number of carboxylic acids is 1. The summed E-state index contributed by atoms with van der Waals surface area (Å²) in [6, 6.07) is 4.95. The molecule has 0 aromatic heterocycles. The van der Waals surface area contributed by atoms with Gasteiger partial charge in [-0.3, -0.25) is 9.59 Å². The maximum absolute atomic E-state index is 12.6. The zero-order valence-electron chi connectivity index (χ0n) is 15.5. The number of hydrogen-bond acceptors (Lipinski definition) is 5. The van der Waals surface area contributed by atoms with Gasteiger partial charge in [-0.25, -0.2) is 0 Å². The van der Waals surface area contributed by atoms with E-state index < -0.39 is 11.5 Å². The maximum atomic E-state index is 12.6. The largest absolute Gasteiger partial charge is 0.493 e. The molecule has 1 aliphatic rings. The Morgan fingerprint density at radius 1 is 1.23 bits per heavy atom. The SMILES string of the molecule is COCC(C)(CC(=O)O)NC(=O)c1ccc(OC)c(OC2CCCC2)c1. The quantitative estimate of drug-likeness (QED) is 0.699. The fourth-order valence-electron chi connectivity index (χ4n) is 3.23. The second-order valence-electron chi connectivity index (χ2n) is 6.91. The van der Waals surface area contributed by atoms with E-state index >= 15 is 0 Å². The van der Waals surface area contributed by atoms with Crippen LogP contribution < -0.4 is 14.8 Å². The van der Waals surface area contributed by atoms with Crippen molar-refractivity contribution in [2.75, 3.05) is 20.8 Å². The van der Waals surface area contributed by atoms with Gasteiger partial charge in [0.25, 0.3) is 5.91 Å². The number of carboxylic acid groups (broad SMARTS) is 1. The summed E-state index contributed by atoms with van der Waals surface area (Å²) in [6.45, 7) is 1.73. The van der Waals surface area contributed by atoms with Gasteiger partial charge < -0.3 is 24.6 Å². The lowest BCUT2D eigenvalue weighted by Crippen LogP contribution is -2.50. The van der Waals surface area contributed by atoms with Crippen molar-refractivity contribution in [1.82, 2.24) is 5.32 Å². The number of benzene rings is 1. The van der Waals surface area contributed by atoms with Crippen molar-refractivity contribution in [3.63, 3.8) is 0 Å². The third kappa shape index (κ3) is 5.36. The van der Waals surface area contributed by atoms with Crippen LogP contribution in [0.2, 0.25) is 0 Å². The number of nitrogens with one attached hydrogen (secondary N) is 1. The summed E-state index contributed by atoms with van der Waals surface area (Å²) in [4.78, 5) is 23.7. The van der Waals surface area contributed by atoms with Crippen LogP contribution in [0.3, 0.4) is 0 Å². The minimum Gasteiger partial charge on any atom is -0.493 e.